The summed E-state index contributed by atoms with van der Waals surface area (Å²) in [6, 6.07) is 3.82. The molecule has 0 aliphatic carbocycles. The Kier molecular flexibility index (Phi) is 4.31. The molecule has 1 aromatic carbocycles. The number of nitrogens with zero attached hydrogens (tertiary/aromatic N) is 1. The Morgan fingerprint density at radius 3 is 2.26 bits per heavy atom. The van der Waals surface area contributed by atoms with Crippen LogP contribution in [0.25, 0.3) is 0 Å². The molecule has 1 aromatic rings. The van der Waals surface area contributed by atoms with Crippen LogP contribution >= 0.6 is 0 Å². The summed E-state index contributed by atoms with van der Waals surface area (Å²) in [5, 5.41) is 0. The molecule has 2 rings (SSSR count). The van der Waals surface area contributed by atoms with Gasteiger partial charge in [-0.05, 0) is 44.0 Å². The molecule has 128 valence electrons. The summed E-state index contributed by atoms with van der Waals surface area (Å²) >= 11 is 0. The highest BCUT2D eigenvalue weighted by Gasteiger charge is 2.44. The van der Waals surface area contributed by atoms with Crippen LogP contribution in [0.15, 0.2) is 23.1 Å². The topological polar surface area (TPSA) is 129 Å². The highest BCUT2D eigenvalue weighted by atomic mass is 32.2. The molecular formula is C13H17NO7S2. The van der Waals surface area contributed by atoms with E-state index >= 15 is 0 Å². The Balaban J connectivity index is 2.38. The van der Waals surface area contributed by atoms with Crippen molar-refractivity contribution in [1.82, 2.24) is 0 Å². The van der Waals surface area contributed by atoms with Gasteiger partial charge in [-0.3, -0.25) is 13.9 Å². The first-order chi connectivity index (χ1) is 10.3. The van der Waals surface area contributed by atoms with Crippen LogP contribution in [0.1, 0.15) is 25.8 Å². The number of rotatable bonds is 5. The molecule has 0 spiro atoms. The fourth-order valence-electron chi connectivity index (χ4n) is 2.60. The highest BCUT2D eigenvalue weighted by molar-refractivity contribution is 7.86. The van der Waals surface area contributed by atoms with Gasteiger partial charge in [0.05, 0.1) is 16.1 Å². The summed E-state index contributed by atoms with van der Waals surface area (Å²) in [6.45, 7) is 3.30. The lowest BCUT2D eigenvalue weighted by Gasteiger charge is -2.20. The van der Waals surface area contributed by atoms with E-state index in [1.54, 1.807) is 13.8 Å². The predicted molar refractivity (Wildman–Crippen MR) is 82.7 cm³/mol. The van der Waals surface area contributed by atoms with E-state index in [9.17, 15) is 21.6 Å². The molecule has 0 saturated heterocycles. The zero-order chi connectivity index (χ0) is 17.6. The van der Waals surface area contributed by atoms with Gasteiger partial charge in [0.1, 0.15) is 0 Å². The van der Waals surface area contributed by atoms with Gasteiger partial charge in [-0.15, -0.1) is 0 Å². The SMILES string of the molecule is CC1(C)C(=O)N(CCCS(=O)(=O)O)c2ccc(S(=O)(=O)O)cc21. The van der Waals surface area contributed by atoms with E-state index in [0.717, 1.165) is 0 Å². The molecule has 10 heteroatoms. The maximum absolute atomic E-state index is 12.5. The second-order valence-corrected chi connectivity index (χ2v) is 8.87. The van der Waals surface area contributed by atoms with Gasteiger partial charge in [0.25, 0.3) is 20.2 Å². The molecule has 1 amide bonds. The molecule has 1 heterocycles. The molecule has 23 heavy (non-hydrogen) atoms. The standard InChI is InChI=1S/C13H17NO7S2/c1-13(2)10-8-9(23(19,20)21)4-5-11(10)14(12(13)15)6-3-7-22(16,17)18/h4-5,8H,3,6-7H2,1-2H3,(H,16,17,18)(H,19,20,21). The van der Waals surface area contributed by atoms with E-state index in [1.165, 1.54) is 23.1 Å². The van der Waals surface area contributed by atoms with Crippen molar-refractivity contribution in [3.8, 4) is 0 Å². The average Bonchev–Trinajstić information content (AvgIpc) is 2.57. The molecular weight excluding hydrogens is 346 g/mol. The van der Waals surface area contributed by atoms with Crippen LogP contribution in [0.5, 0.6) is 0 Å². The monoisotopic (exact) mass is 363 g/mol. The number of hydrogen-bond donors (Lipinski definition) is 2. The number of carbonyl (C=O) groups excluding carboxylic acids is 1. The third-order valence-electron chi connectivity index (χ3n) is 3.79. The summed E-state index contributed by atoms with van der Waals surface area (Å²) in [7, 11) is -8.50. The van der Waals surface area contributed by atoms with Crippen LogP contribution in [0.4, 0.5) is 5.69 Å². The number of anilines is 1. The van der Waals surface area contributed by atoms with Crippen molar-refractivity contribution >= 4 is 31.8 Å². The number of carbonyl (C=O) groups is 1. The molecule has 0 radical (unpaired) electrons. The van der Waals surface area contributed by atoms with Crippen molar-refractivity contribution in [3.63, 3.8) is 0 Å². The summed E-state index contributed by atoms with van der Waals surface area (Å²) in [5.41, 5.74) is -0.110. The van der Waals surface area contributed by atoms with Gasteiger partial charge in [0, 0.05) is 12.2 Å². The lowest BCUT2D eigenvalue weighted by atomic mass is 9.86. The number of benzene rings is 1. The summed E-state index contributed by atoms with van der Waals surface area (Å²) in [4.78, 5) is 13.5. The summed E-state index contributed by atoms with van der Waals surface area (Å²) < 4.78 is 61.9. The zero-order valence-electron chi connectivity index (χ0n) is 12.6. The van der Waals surface area contributed by atoms with Crippen LogP contribution in [0.3, 0.4) is 0 Å². The number of hydrogen-bond acceptors (Lipinski definition) is 5. The second kappa shape index (κ2) is 5.55. The van der Waals surface area contributed by atoms with E-state index in [2.05, 4.69) is 0 Å². The molecule has 0 bridgehead atoms. The van der Waals surface area contributed by atoms with Crippen LogP contribution in [0, 0.1) is 0 Å². The van der Waals surface area contributed by atoms with Gasteiger partial charge in [-0.1, -0.05) is 0 Å². The Bertz CT molecular complexity index is 856. The zero-order valence-corrected chi connectivity index (χ0v) is 14.2. The second-order valence-electron chi connectivity index (χ2n) is 5.88. The molecule has 0 aromatic heterocycles. The average molecular weight is 363 g/mol. The fraction of sp³-hybridized carbons (Fsp3) is 0.462. The fourth-order valence-corrected chi connectivity index (χ4v) is 3.60. The van der Waals surface area contributed by atoms with E-state index < -0.39 is 31.4 Å². The molecule has 0 atom stereocenters. The van der Waals surface area contributed by atoms with Gasteiger partial charge >= 0.3 is 0 Å². The smallest absolute Gasteiger partial charge is 0.294 e. The normalized spacial score (nSPS) is 17.4. The summed E-state index contributed by atoms with van der Waals surface area (Å²) in [5.74, 6) is -0.786. The minimum absolute atomic E-state index is 0.0418. The van der Waals surface area contributed by atoms with Gasteiger partial charge in [0.15, 0.2) is 0 Å². The largest absolute Gasteiger partial charge is 0.311 e. The molecule has 2 N–H and O–H groups in total. The van der Waals surface area contributed by atoms with E-state index in [4.69, 9.17) is 9.11 Å². The van der Waals surface area contributed by atoms with Gasteiger partial charge in [-0.2, -0.15) is 16.8 Å². The van der Waals surface area contributed by atoms with Crippen molar-refractivity contribution in [2.45, 2.75) is 30.6 Å². The van der Waals surface area contributed by atoms with Crippen molar-refractivity contribution < 1.29 is 30.7 Å². The Morgan fingerprint density at radius 1 is 1.13 bits per heavy atom. The van der Waals surface area contributed by atoms with Crippen molar-refractivity contribution in [2.75, 3.05) is 17.2 Å². The Labute approximate surface area is 134 Å². The summed E-state index contributed by atoms with van der Waals surface area (Å²) in [6.07, 6.45) is 0.0418. The quantitative estimate of drug-likeness (QED) is 0.741. The van der Waals surface area contributed by atoms with Crippen molar-refractivity contribution in [2.24, 2.45) is 0 Å². The van der Waals surface area contributed by atoms with E-state index in [0.29, 0.717) is 11.3 Å². The first-order valence-corrected chi connectivity index (χ1v) is 9.78. The van der Waals surface area contributed by atoms with E-state index in [1.807, 2.05) is 0 Å². The van der Waals surface area contributed by atoms with Gasteiger partial charge in [0.2, 0.25) is 5.91 Å². The maximum Gasteiger partial charge on any atom is 0.294 e. The predicted octanol–water partition coefficient (Wildman–Crippen LogP) is 0.835. The van der Waals surface area contributed by atoms with Crippen LogP contribution in [-0.4, -0.2) is 44.1 Å². The number of amides is 1. The third-order valence-corrected chi connectivity index (χ3v) is 5.45. The Hall–Kier alpha value is -1.49. The van der Waals surface area contributed by atoms with Gasteiger partial charge in [-0.25, -0.2) is 0 Å². The minimum atomic E-state index is -4.39. The van der Waals surface area contributed by atoms with Crippen molar-refractivity contribution in [1.29, 1.82) is 0 Å². The van der Waals surface area contributed by atoms with Crippen LogP contribution in [0.2, 0.25) is 0 Å². The molecule has 1 aliphatic heterocycles. The lowest BCUT2D eigenvalue weighted by Crippen LogP contribution is -2.37. The minimum Gasteiger partial charge on any atom is -0.311 e. The highest BCUT2D eigenvalue weighted by Crippen LogP contribution is 2.42. The molecule has 0 saturated carbocycles. The first kappa shape index (κ1) is 17.9. The van der Waals surface area contributed by atoms with Crippen molar-refractivity contribution in [3.05, 3.63) is 23.8 Å². The molecule has 8 nitrogen and oxygen atoms in total. The lowest BCUT2D eigenvalue weighted by molar-refractivity contribution is -0.122. The molecule has 0 unspecified atom stereocenters. The maximum atomic E-state index is 12.5. The van der Waals surface area contributed by atoms with E-state index in [-0.39, 0.29) is 23.8 Å². The number of fused-ring (bicyclic) bond motifs is 1. The van der Waals surface area contributed by atoms with Gasteiger partial charge < -0.3 is 4.90 Å². The van der Waals surface area contributed by atoms with Crippen LogP contribution < -0.4 is 4.90 Å². The first-order valence-electron chi connectivity index (χ1n) is 6.73. The molecule has 0 fully saturated rings. The van der Waals surface area contributed by atoms with Crippen LogP contribution in [-0.2, 0) is 30.4 Å². The molecule has 1 aliphatic rings. The Morgan fingerprint density at radius 2 is 1.74 bits per heavy atom. The third kappa shape index (κ3) is 3.55.